The van der Waals surface area contributed by atoms with Gasteiger partial charge in [-0.15, -0.1) is 0 Å². The summed E-state index contributed by atoms with van der Waals surface area (Å²) in [5.41, 5.74) is -0.622. The van der Waals surface area contributed by atoms with Gasteiger partial charge in [-0.3, -0.25) is 4.79 Å². The Morgan fingerprint density at radius 2 is 1.97 bits per heavy atom. The number of hydrogen-bond donors (Lipinski definition) is 2. The number of rotatable bonds is 9. The van der Waals surface area contributed by atoms with Crippen molar-refractivity contribution >= 4 is 34.7 Å². The van der Waals surface area contributed by atoms with Gasteiger partial charge in [0.15, 0.2) is 0 Å². The number of hydrogen-bond acceptors (Lipinski definition) is 6. The molecular formula is C21H28N2O6S. The minimum Gasteiger partial charge on any atom is -0.493 e. The Morgan fingerprint density at radius 3 is 2.60 bits per heavy atom. The Morgan fingerprint density at radius 1 is 1.23 bits per heavy atom. The fraction of sp³-hybridized carbons (Fsp3) is 0.476. The van der Waals surface area contributed by atoms with E-state index in [1.807, 2.05) is 27.7 Å². The first-order valence-corrected chi connectivity index (χ1v) is 10.9. The first-order valence-electron chi connectivity index (χ1n) is 9.70. The number of amides is 1. The highest BCUT2D eigenvalue weighted by Gasteiger charge is 2.16. The van der Waals surface area contributed by atoms with Gasteiger partial charge in [-0.05, 0) is 45.9 Å². The number of aryl methyl sites for hydroxylation is 1. The third kappa shape index (κ3) is 6.69. The minimum absolute atomic E-state index is 0.255. The Balaban J connectivity index is 1.87. The van der Waals surface area contributed by atoms with E-state index in [0.717, 1.165) is 0 Å². The molecule has 0 atom stereocenters. The molecule has 0 fully saturated rings. The number of carbonyl (C=O) groups excluding carboxylic acids is 1. The van der Waals surface area contributed by atoms with Crippen LogP contribution in [0.2, 0.25) is 0 Å². The highest BCUT2D eigenvalue weighted by molar-refractivity contribution is 7.99. The van der Waals surface area contributed by atoms with Crippen LogP contribution in [-0.4, -0.2) is 52.0 Å². The van der Waals surface area contributed by atoms with Crippen molar-refractivity contribution in [1.82, 2.24) is 9.88 Å². The van der Waals surface area contributed by atoms with Crippen molar-refractivity contribution in [1.29, 1.82) is 0 Å². The number of ether oxygens (including phenoxy) is 2. The van der Waals surface area contributed by atoms with E-state index in [0.29, 0.717) is 47.9 Å². The van der Waals surface area contributed by atoms with E-state index < -0.39 is 23.1 Å². The van der Waals surface area contributed by atoms with Crippen LogP contribution in [-0.2, 0) is 11.3 Å². The number of thioether (sulfide) groups is 1. The molecule has 0 bridgehead atoms. The first kappa shape index (κ1) is 23.6. The maximum atomic E-state index is 12.5. The summed E-state index contributed by atoms with van der Waals surface area (Å²) in [5, 5.41) is 12.3. The van der Waals surface area contributed by atoms with Gasteiger partial charge in [0, 0.05) is 30.8 Å². The number of carboxylic acids is 1. The van der Waals surface area contributed by atoms with E-state index in [-0.39, 0.29) is 5.56 Å². The maximum Gasteiger partial charge on any atom is 0.407 e. The molecular weight excluding hydrogens is 408 g/mol. The van der Waals surface area contributed by atoms with Crippen molar-refractivity contribution in [2.45, 2.75) is 39.8 Å². The number of aromatic nitrogens is 1. The molecule has 8 nitrogen and oxygen atoms in total. The average molecular weight is 437 g/mol. The summed E-state index contributed by atoms with van der Waals surface area (Å²) in [6.07, 6.45) is 0.934. The van der Waals surface area contributed by atoms with E-state index in [2.05, 4.69) is 5.32 Å². The van der Waals surface area contributed by atoms with E-state index in [9.17, 15) is 19.5 Å². The van der Waals surface area contributed by atoms with E-state index in [1.54, 1.807) is 34.5 Å². The second-order valence-corrected chi connectivity index (χ2v) is 8.76. The monoisotopic (exact) mass is 436 g/mol. The first-order chi connectivity index (χ1) is 14.1. The van der Waals surface area contributed by atoms with Crippen LogP contribution in [0, 0.1) is 0 Å². The Labute approximate surface area is 179 Å². The van der Waals surface area contributed by atoms with Gasteiger partial charge in [0.1, 0.15) is 16.9 Å². The zero-order valence-corrected chi connectivity index (χ0v) is 18.5. The van der Waals surface area contributed by atoms with Crippen LogP contribution in [0.5, 0.6) is 5.75 Å². The molecule has 1 aromatic heterocycles. The molecule has 0 aliphatic heterocycles. The molecule has 0 radical (unpaired) electrons. The van der Waals surface area contributed by atoms with Gasteiger partial charge in [0.2, 0.25) is 5.43 Å². The van der Waals surface area contributed by atoms with Gasteiger partial charge in [0.25, 0.3) is 0 Å². The lowest BCUT2D eigenvalue weighted by Crippen LogP contribution is -2.33. The molecule has 0 spiro atoms. The van der Waals surface area contributed by atoms with Crippen LogP contribution >= 0.6 is 11.8 Å². The number of nitrogens with one attached hydrogen (secondary N) is 1. The van der Waals surface area contributed by atoms with Gasteiger partial charge in [-0.2, -0.15) is 11.8 Å². The van der Waals surface area contributed by atoms with Crippen molar-refractivity contribution in [3.8, 4) is 5.75 Å². The third-order valence-corrected chi connectivity index (χ3v) is 4.98. The molecule has 2 N–H and O–H groups in total. The number of aromatic carboxylic acids is 1. The lowest BCUT2D eigenvalue weighted by atomic mass is 10.1. The van der Waals surface area contributed by atoms with E-state index in [4.69, 9.17) is 9.47 Å². The summed E-state index contributed by atoms with van der Waals surface area (Å²) in [6, 6.07) is 5.12. The SMILES string of the molecule is CCn1cc(C(=O)O)c(=O)c2cc(OCCSCCNC(=O)OC(C)(C)C)ccc21. The number of carboxylic acid groups (broad SMARTS) is 1. The zero-order chi connectivity index (χ0) is 22.3. The highest BCUT2D eigenvalue weighted by atomic mass is 32.2. The summed E-state index contributed by atoms with van der Waals surface area (Å²) in [7, 11) is 0. The predicted octanol–water partition coefficient (Wildman–Crippen LogP) is 3.36. The van der Waals surface area contributed by atoms with Gasteiger partial charge >= 0.3 is 12.1 Å². The minimum atomic E-state index is -1.24. The number of alkyl carbamates (subject to hydrolysis) is 1. The molecule has 2 aromatic rings. The largest absolute Gasteiger partial charge is 0.493 e. The Kier molecular flexibility index (Phi) is 8.16. The molecule has 0 aliphatic carbocycles. The summed E-state index contributed by atoms with van der Waals surface area (Å²) < 4.78 is 12.6. The number of fused-ring (bicyclic) bond motifs is 1. The number of carbonyl (C=O) groups is 2. The van der Waals surface area contributed by atoms with Crippen LogP contribution in [0.1, 0.15) is 38.1 Å². The van der Waals surface area contributed by atoms with Crippen molar-refractivity contribution in [3.63, 3.8) is 0 Å². The average Bonchev–Trinajstić information content (AvgIpc) is 2.66. The van der Waals surface area contributed by atoms with Gasteiger partial charge in [-0.25, -0.2) is 9.59 Å². The second-order valence-electron chi connectivity index (χ2n) is 7.53. The molecule has 2 rings (SSSR count). The van der Waals surface area contributed by atoms with Gasteiger partial charge in [-0.1, -0.05) is 0 Å². The summed E-state index contributed by atoms with van der Waals surface area (Å²) in [6.45, 7) is 8.77. The molecule has 164 valence electrons. The Bertz CT molecular complexity index is 964. The number of nitrogens with zero attached hydrogens (tertiary/aromatic N) is 1. The molecule has 9 heteroatoms. The van der Waals surface area contributed by atoms with Crippen molar-refractivity contribution in [3.05, 3.63) is 40.2 Å². The Hall–Kier alpha value is -2.68. The van der Waals surface area contributed by atoms with Crippen molar-refractivity contribution in [2.24, 2.45) is 0 Å². The van der Waals surface area contributed by atoms with Crippen LogP contribution in [0.4, 0.5) is 4.79 Å². The molecule has 0 saturated heterocycles. The summed E-state index contributed by atoms with van der Waals surface area (Å²) in [4.78, 5) is 35.4. The van der Waals surface area contributed by atoms with Crippen LogP contribution in [0.15, 0.2) is 29.2 Å². The fourth-order valence-corrected chi connectivity index (χ4v) is 3.39. The quantitative estimate of drug-likeness (QED) is 0.581. The van der Waals surface area contributed by atoms with E-state index >= 15 is 0 Å². The van der Waals surface area contributed by atoms with Crippen LogP contribution in [0.25, 0.3) is 10.9 Å². The predicted molar refractivity (Wildman–Crippen MR) is 118 cm³/mol. The molecule has 1 aromatic carbocycles. The van der Waals surface area contributed by atoms with Gasteiger partial charge < -0.3 is 24.5 Å². The lowest BCUT2D eigenvalue weighted by molar-refractivity contribution is 0.0530. The molecule has 0 aliphatic rings. The number of pyridine rings is 1. The molecule has 0 unspecified atom stereocenters. The van der Waals surface area contributed by atoms with Crippen molar-refractivity contribution in [2.75, 3.05) is 24.7 Å². The summed E-state index contributed by atoms with van der Waals surface area (Å²) in [5.74, 6) is 0.676. The zero-order valence-electron chi connectivity index (χ0n) is 17.7. The molecule has 1 heterocycles. The molecule has 1 amide bonds. The lowest BCUT2D eigenvalue weighted by Gasteiger charge is -2.19. The van der Waals surface area contributed by atoms with Crippen LogP contribution < -0.4 is 15.5 Å². The maximum absolute atomic E-state index is 12.5. The van der Waals surface area contributed by atoms with Gasteiger partial charge in [0.05, 0.1) is 17.5 Å². The fourth-order valence-electron chi connectivity index (χ4n) is 2.74. The molecule has 0 saturated carbocycles. The normalized spacial score (nSPS) is 11.3. The van der Waals surface area contributed by atoms with Crippen LogP contribution in [0.3, 0.4) is 0 Å². The molecule has 30 heavy (non-hydrogen) atoms. The summed E-state index contributed by atoms with van der Waals surface area (Å²) >= 11 is 1.61. The smallest absolute Gasteiger partial charge is 0.407 e. The van der Waals surface area contributed by atoms with Crippen molar-refractivity contribution < 1.29 is 24.2 Å². The van der Waals surface area contributed by atoms with E-state index in [1.165, 1.54) is 6.20 Å². The topological polar surface area (TPSA) is 107 Å². The third-order valence-electron chi connectivity index (χ3n) is 4.03. The highest BCUT2D eigenvalue weighted by Crippen LogP contribution is 2.20. The second kappa shape index (κ2) is 10.4. The standard InChI is InChI=1S/C21H28N2O6S/c1-5-23-13-16(19(25)26)18(24)15-12-14(6-7-17(15)23)28-9-11-30-10-8-22-20(27)29-21(2,3)4/h6-7,12-13H,5,8-11H2,1-4H3,(H,22,27)(H,25,26). The number of benzene rings is 1.